The van der Waals surface area contributed by atoms with Crippen molar-refractivity contribution in [2.24, 2.45) is 0 Å². The van der Waals surface area contributed by atoms with Crippen LogP contribution in [0.2, 0.25) is 0 Å². The lowest BCUT2D eigenvalue weighted by atomic mass is 9.85. The molecule has 1 aromatic heterocycles. The first kappa shape index (κ1) is 15.6. The molecular weight excluding hydrogens is 593 g/mol. The summed E-state index contributed by atoms with van der Waals surface area (Å²) in [6.45, 7) is 0. The van der Waals surface area contributed by atoms with E-state index in [1.165, 1.54) is 0 Å². The molecule has 1 heteroatoms. The lowest BCUT2D eigenvalue weighted by molar-refractivity contribution is 0.669. The number of furan rings is 1. The molecule has 0 fully saturated rings. The molecular formula is C48H30O. The fourth-order valence-electron chi connectivity index (χ4n) is 6.57. The monoisotopic (exact) mass is 639 g/mol. The number of benzene rings is 9. The first-order chi connectivity index (χ1) is 31.4. The molecule has 228 valence electrons. The van der Waals surface area contributed by atoms with Gasteiger partial charge in [-0.15, -0.1) is 0 Å². The molecule has 9 aromatic carbocycles. The van der Waals surface area contributed by atoms with Crippen molar-refractivity contribution < 1.29 is 27.7 Å². The summed E-state index contributed by atoms with van der Waals surface area (Å²) < 4.78 is 159. The van der Waals surface area contributed by atoms with E-state index in [1.807, 2.05) is 78.9 Å². The molecule has 0 saturated carbocycles. The van der Waals surface area contributed by atoms with Gasteiger partial charge in [-0.3, -0.25) is 0 Å². The summed E-state index contributed by atoms with van der Waals surface area (Å²) in [5.41, 5.74) is -0.806. The smallest absolute Gasteiger partial charge is 0.136 e. The number of fused-ring (bicyclic) bond motifs is 6. The van der Waals surface area contributed by atoms with Gasteiger partial charge in [-0.05, 0) is 107 Å². The quantitative estimate of drug-likeness (QED) is 0.175. The summed E-state index contributed by atoms with van der Waals surface area (Å²) in [7, 11) is 0. The van der Waals surface area contributed by atoms with Crippen LogP contribution in [0.25, 0.3) is 98.8 Å². The molecule has 0 radical (unpaired) electrons. The standard InChI is InChI=1S/C48H30O/c1-3-12-31(13-4-1)35-26-27-43-45(30-35)49-44-21-11-20-38(48(43)44)36-24-22-34-29-37(25-23-33(34)28-36)47-41-18-9-7-16-39(41)46(32-14-5-2-6-15-32)40-17-8-10-19-42(40)47/h1-30H/i1D,3D,4D,11D,12D,13D,20D,21D,22D,23D,24D,25D,26D,27D,28D,29D,30D. The van der Waals surface area contributed by atoms with Crippen LogP contribution in [-0.2, 0) is 0 Å². The highest BCUT2D eigenvalue weighted by atomic mass is 16.3. The second kappa shape index (κ2) is 11.1. The number of hydrogen-bond donors (Lipinski definition) is 0. The Morgan fingerprint density at radius 2 is 0.959 bits per heavy atom. The van der Waals surface area contributed by atoms with Gasteiger partial charge in [0.05, 0.1) is 23.3 Å². The first-order valence-electron chi connectivity index (χ1n) is 24.0. The molecule has 0 N–H and O–H groups in total. The maximum atomic E-state index is 9.72. The van der Waals surface area contributed by atoms with Crippen LogP contribution in [0.3, 0.4) is 0 Å². The molecule has 1 heterocycles. The molecule has 0 bridgehead atoms. The Bertz CT molecular complexity index is 3760. The second-order valence-corrected chi connectivity index (χ2v) is 11.5. The van der Waals surface area contributed by atoms with Gasteiger partial charge < -0.3 is 4.42 Å². The van der Waals surface area contributed by atoms with Crippen molar-refractivity contribution in [3.63, 3.8) is 0 Å². The van der Waals surface area contributed by atoms with Crippen LogP contribution < -0.4 is 0 Å². The predicted octanol–water partition coefficient (Wildman–Crippen LogP) is 13.7. The Morgan fingerprint density at radius 1 is 0.367 bits per heavy atom. The molecule has 49 heavy (non-hydrogen) atoms. The van der Waals surface area contributed by atoms with E-state index in [0.717, 1.165) is 21.9 Å². The van der Waals surface area contributed by atoms with Crippen molar-refractivity contribution in [3.05, 3.63) is 182 Å². The fraction of sp³-hybridized carbons (Fsp3) is 0. The van der Waals surface area contributed by atoms with Gasteiger partial charge in [0.2, 0.25) is 0 Å². The average Bonchev–Trinajstić information content (AvgIpc) is 3.72. The highest BCUT2D eigenvalue weighted by molar-refractivity contribution is 6.22. The Balaban J connectivity index is 1.31. The topological polar surface area (TPSA) is 13.1 Å². The first-order valence-corrected chi connectivity index (χ1v) is 15.5. The molecule has 0 amide bonds. The Morgan fingerprint density at radius 3 is 1.65 bits per heavy atom. The lowest BCUT2D eigenvalue weighted by Crippen LogP contribution is -1.90. The van der Waals surface area contributed by atoms with Gasteiger partial charge in [0, 0.05) is 10.8 Å². The molecule has 0 saturated heterocycles. The second-order valence-electron chi connectivity index (χ2n) is 11.5. The third-order valence-electron chi connectivity index (χ3n) is 8.69. The zero-order chi connectivity index (χ0) is 47.1. The maximum Gasteiger partial charge on any atom is 0.136 e. The molecule has 0 unspecified atom stereocenters. The Labute approximate surface area is 308 Å². The number of hydrogen-bond acceptors (Lipinski definition) is 1. The zero-order valence-corrected chi connectivity index (χ0v) is 25.4. The van der Waals surface area contributed by atoms with Crippen LogP contribution in [0, 0.1) is 0 Å². The van der Waals surface area contributed by atoms with Crippen molar-refractivity contribution in [1.82, 2.24) is 0 Å². The highest BCUT2D eigenvalue weighted by Crippen LogP contribution is 2.44. The van der Waals surface area contributed by atoms with E-state index in [-0.39, 0.29) is 27.1 Å². The highest BCUT2D eigenvalue weighted by Gasteiger charge is 2.17. The SMILES string of the molecule is [2H]c1c([2H])c([2H])c(-c2c([2H])c([2H])c3c(oc4c([2H])c([2H])c([2H])c(-c5c([2H])c([2H])c6c([2H])c(-c7c8ccccc8c(-c8ccccc8)c8ccccc78)c([2H])c([2H])c6c5[2H])c43)c2[2H])c([2H])c1[2H]. The van der Waals surface area contributed by atoms with Crippen LogP contribution in [0.15, 0.2) is 186 Å². The van der Waals surface area contributed by atoms with E-state index in [9.17, 15) is 12.3 Å². The van der Waals surface area contributed by atoms with E-state index in [1.54, 1.807) is 0 Å². The lowest BCUT2D eigenvalue weighted by Gasteiger charge is -2.18. The third-order valence-corrected chi connectivity index (χ3v) is 8.69. The largest absolute Gasteiger partial charge is 0.456 e. The van der Waals surface area contributed by atoms with Crippen molar-refractivity contribution in [3.8, 4) is 44.5 Å². The molecule has 0 aliphatic heterocycles. The predicted molar refractivity (Wildman–Crippen MR) is 208 cm³/mol. The summed E-state index contributed by atoms with van der Waals surface area (Å²) in [6, 6.07) is 13.1. The van der Waals surface area contributed by atoms with E-state index in [2.05, 4.69) is 0 Å². The number of rotatable bonds is 4. The van der Waals surface area contributed by atoms with Crippen LogP contribution in [0.1, 0.15) is 23.3 Å². The minimum atomic E-state index is -0.778. The van der Waals surface area contributed by atoms with Gasteiger partial charge in [-0.2, -0.15) is 0 Å². The zero-order valence-electron chi connectivity index (χ0n) is 42.4. The minimum Gasteiger partial charge on any atom is -0.456 e. The van der Waals surface area contributed by atoms with Gasteiger partial charge in [-0.1, -0.05) is 151 Å². The van der Waals surface area contributed by atoms with Gasteiger partial charge >= 0.3 is 0 Å². The van der Waals surface area contributed by atoms with Crippen molar-refractivity contribution in [1.29, 1.82) is 0 Å². The summed E-state index contributed by atoms with van der Waals surface area (Å²) in [5.74, 6) is 0. The minimum absolute atomic E-state index is 0.00400. The summed E-state index contributed by atoms with van der Waals surface area (Å²) in [6.07, 6.45) is 0. The van der Waals surface area contributed by atoms with Crippen LogP contribution in [0.4, 0.5) is 0 Å². The van der Waals surface area contributed by atoms with Gasteiger partial charge in [0.15, 0.2) is 0 Å². The van der Waals surface area contributed by atoms with Crippen molar-refractivity contribution >= 4 is 54.3 Å². The van der Waals surface area contributed by atoms with E-state index in [0.29, 0.717) is 16.3 Å². The van der Waals surface area contributed by atoms with Crippen molar-refractivity contribution in [2.45, 2.75) is 0 Å². The van der Waals surface area contributed by atoms with Gasteiger partial charge in [-0.25, -0.2) is 0 Å². The summed E-state index contributed by atoms with van der Waals surface area (Å²) in [4.78, 5) is 0. The summed E-state index contributed by atoms with van der Waals surface area (Å²) in [5, 5.41) is 1.54. The molecule has 0 aliphatic rings. The van der Waals surface area contributed by atoms with E-state index < -0.39 is 136 Å². The summed E-state index contributed by atoms with van der Waals surface area (Å²) >= 11 is 0. The Kier molecular flexibility index (Phi) is 3.54. The third kappa shape index (κ3) is 4.47. The molecule has 10 rings (SSSR count). The van der Waals surface area contributed by atoms with Crippen LogP contribution >= 0.6 is 0 Å². The fourth-order valence-corrected chi connectivity index (χ4v) is 6.57. The average molecular weight is 640 g/mol. The maximum absolute atomic E-state index is 9.72. The van der Waals surface area contributed by atoms with Crippen molar-refractivity contribution in [2.75, 3.05) is 0 Å². The molecule has 10 aromatic rings. The Hall–Kier alpha value is -6.44. The van der Waals surface area contributed by atoms with Crippen LogP contribution in [-0.4, -0.2) is 0 Å². The molecule has 0 spiro atoms. The van der Waals surface area contributed by atoms with Gasteiger partial charge in [0.25, 0.3) is 0 Å². The van der Waals surface area contributed by atoms with Gasteiger partial charge in [0.1, 0.15) is 11.2 Å². The van der Waals surface area contributed by atoms with Crippen LogP contribution in [0.5, 0.6) is 0 Å². The normalized spacial score (nSPS) is 16.5. The van der Waals surface area contributed by atoms with E-state index in [4.69, 9.17) is 15.4 Å². The van der Waals surface area contributed by atoms with E-state index >= 15 is 0 Å². The molecule has 0 atom stereocenters. The molecule has 1 nitrogen and oxygen atoms in total. The molecule has 0 aliphatic carbocycles.